The number of nitrogens with two attached hydrogens (primary N) is 1. The number of hydrogen-bond donors (Lipinski definition) is 1. The van der Waals surface area contributed by atoms with Crippen LogP contribution in [0.4, 0.5) is 5.69 Å². The number of ether oxygens (including phenoxy) is 3. The van der Waals surface area contributed by atoms with Crippen LogP contribution >= 0.6 is 0 Å². The van der Waals surface area contributed by atoms with Gasteiger partial charge in [0.15, 0.2) is 0 Å². The van der Waals surface area contributed by atoms with Crippen LogP contribution < -0.4 is 5.73 Å². The molecule has 8 heteroatoms. The lowest BCUT2D eigenvalue weighted by Crippen LogP contribution is -2.39. The van der Waals surface area contributed by atoms with Crippen LogP contribution in [0.3, 0.4) is 0 Å². The van der Waals surface area contributed by atoms with Crippen molar-refractivity contribution in [3.8, 4) is 0 Å². The molecule has 1 aromatic rings. The zero-order valence-corrected chi connectivity index (χ0v) is 21.5. The van der Waals surface area contributed by atoms with Crippen LogP contribution in [0.15, 0.2) is 18.2 Å². The average molecular weight is 481 g/mol. The summed E-state index contributed by atoms with van der Waals surface area (Å²) in [6.45, 7) is 9.52. The van der Waals surface area contributed by atoms with Crippen molar-refractivity contribution in [2.45, 2.75) is 104 Å². The first-order valence-electron chi connectivity index (χ1n) is 12.8. The molecule has 0 fully saturated rings. The van der Waals surface area contributed by atoms with Crippen LogP contribution in [0.25, 0.3) is 0 Å². The molecule has 2 N–H and O–H groups in total. The van der Waals surface area contributed by atoms with Gasteiger partial charge in [0.05, 0.1) is 4.92 Å². The predicted octanol–water partition coefficient (Wildman–Crippen LogP) is 6.46. The van der Waals surface area contributed by atoms with Gasteiger partial charge in [-0.3, -0.25) is 14.9 Å². The van der Waals surface area contributed by atoms with Gasteiger partial charge in [0.1, 0.15) is 0 Å². The number of carbonyl (C=O) groups excluding carboxylic acids is 1. The van der Waals surface area contributed by atoms with Gasteiger partial charge in [0.2, 0.25) is 5.91 Å². The molecule has 1 amide bonds. The monoisotopic (exact) mass is 480 g/mol. The van der Waals surface area contributed by atoms with Crippen LogP contribution in [0.2, 0.25) is 0 Å². The number of nitrogens with zero attached hydrogens (tertiary/aromatic N) is 1. The van der Waals surface area contributed by atoms with Crippen molar-refractivity contribution in [2.75, 3.05) is 19.8 Å². The smallest absolute Gasteiger partial charge is 0.282 e. The molecule has 0 saturated heterocycles. The Morgan fingerprint density at radius 3 is 1.94 bits per heavy atom. The number of nitro benzene ring substituents is 1. The summed E-state index contributed by atoms with van der Waals surface area (Å²) >= 11 is 0. The third-order valence-corrected chi connectivity index (χ3v) is 6.07. The maximum absolute atomic E-state index is 11.5. The van der Waals surface area contributed by atoms with Crippen molar-refractivity contribution < 1.29 is 23.9 Å². The fourth-order valence-electron chi connectivity index (χ4n) is 4.40. The number of rotatable bonds is 20. The fourth-order valence-corrected chi connectivity index (χ4v) is 4.40. The second-order valence-electron chi connectivity index (χ2n) is 8.50. The summed E-state index contributed by atoms with van der Waals surface area (Å²) in [5.74, 6) is -1.43. The first kappa shape index (κ1) is 30.0. The van der Waals surface area contributed by atoms with E-state index >= 15 is 0 Å². The Kier molecular flexibility index (Phi) is 14.6. The number of carbonyl (C=O) groups is 1. The lowest BCUT2D eigenvalue weighted by atomic mass is 9.88. The number of benzene rings is 1. The van der Waals surface area contributed by atoms with E-state index < -0.39 is 11.9 Å². The second-order valence-corrected chi connectivity index (χ2v) is 8.50. The van der Waals surface area contributed by atoms with Gasteiger partial charge in [-0.25, -0.2) is 0 Å². The van der Waals surface area contributed by atoms with Gasteiger partial charge in [-0.2, -0.15) is 0 Å². The Morgan fingerprint density at radius 2 is 1.47 bits per heavy atom. The fraction of sp³-hybridized carbons (Fsp3) is 0.731. The number of nitro groups is 1. The third kappa shape index (κ3) is 10.1. The van der Waals surface area contributed by atoms with Gasteiger partial charge < -0.3 is 19.9 Å². The summed E-state index contributed by atoms with van der Waals surface area (Å²) in [6, 6.07) is 4.43. The summed E-state index contributed by atoms with van der Waals surface area (Å²) in [5.41, 5.74) is 6.38. The molecule has 1 unspecified atom stereocenters. The molecule has 34 heavy (non-hydrogen) atoms. The van der Waals surface area contributed by atoms with Gasteiger partial charge >= 0.3 is 0 Å². The van der Waals surface area contributed by atoms with Crippen LogP contribution in [0.1, 0.15) is 114 Å². The SMILES string of the molecule is CCOC(CCCCCCCCCC(CC)c1cc(C(N)=O)ccc1[N+](=O)[O-])(OCC)OCC. The van der Waals surface area contributed by atoms with Gasteiger partial charge in [0, 0.05) is 43.4 Å². The summed E-state index contributed by atoms with van der Waals surface area (Å²) in [6.07, 6.45) is 9.96. The van der Waals surface area contributed by atoms with E-state index in [1.807, 2.05) is 27.7 Å². The van der Waals surface area contributed by atoms with Crippen LogP contribution in [-0.2, 0) is 14.2 Å². The topological polar surface area (TPSA) is 114 Å². The number of amides is 1. The first-order chi connectivity index (χ1) is 16.3. The van der Waals surface area contributed by atoms with E-state index in [2.05, 4.69) is 0 Å². The van der Waals surface area contributed by atoms with Crippen LogP contribution in [-0.4, -0.2) is 36.6 Å². The Bertz CT molecular complexity index is 723. The molecule has 8 nitrogen and oxygen atoms in total. The molecule has 194 valence electrons. The Balaban J connectivity index is 2.42. The van der Waals surface area contributed by atoms with Gasteiger partial charge in [-0.15, -0.1) is 0 Å². The lowest BCUT2D eigenvalue weighted by molar-refractivity contribution is -0.385. The average Bonchev–Trinajstić information content (AvgIpc) is 2.80. The first-order valence-corrected chi connectivity index (χ1v) is 12.8. The van der Waals surface area contributed by atoms with E-state index in [-0.39, 0.29) is 16.5 Å². The highest BCUT2D eigenvalue weighted by atomic mass is 16.9. The lowest BCUT2D eigenvalue weighted by Gasteiger charge is -2.32. The number of hydrogen-bond acceptors (Lipinski definition) is 6. The Morgan fingerprint density at radius 1 is 0.941 bits per heavy atom. The highest BCUT2D eigenvalue weighted by Crippen LogP contribution is 2.33. The van der Waals surface area contributed by atoms with E-state index in [0.29, 0.717) is 30.9 Å². The molecular formula is C26H44N2O6. The second kappa shape index (κ2) is 16.6. The van der Waals surface area contributed by atoms with E-state index in [1.165, 1.54) is 12.1 Å². The molecule has 0 aliphatic carbocycles. The minimum Gasteiger partial charge on any atom is -0.366 e. The summed E-state index contributed by atoms with van der Waals surface area (Å²) in [5, 5.41) is 11.5. The molecule has 0 radical (unpaired) electrons. The molecule has 1 rings (SSSR count). The molecule has 1 aromatic carbocycles. The minimum absolute atomic E-state index is 0.0449. The zero-order chi connectivity index (χ0) is 25.4. The number of unbranched alkanes of at least 4 members (excludes halogenated alkanes) is 6. The predicted molar refractivity (Wildman–Crippen MR) is 134 cm³/mol. The zero-order valence-electron chi connectivity index (χ0n) is 21.5. The van der Waals surface area contributed by atoms with E-state index in [1.54, 1.807) is 6.07 Å². The highest BCUT2D eigenvalue weighted by Gasteiger charge is 2.31. The Hall–Kier alpha value is -2.03. The molecular weight excluding hydrogens is 436 g/mol. The van der Waals surface area contributed by atoms with Gasteiger partial charge in [-0.1, -0.05) is 45.4 Å². The molecule has 0 spiro atoms. The molecule has 0 heterocycles. The molecule has 0 aliphatic rings. The Labute approximate surface area is 204 Å². The van der Waals surface area contributed by atoms with E-state index in [0.717, 1.165) is 64.2 Å². The largest absolute Gasteiger partial charge is 0.366 e. The van der Waals surface area contributed by atoms with Gasteiger partial charge in [0.25, 0.3) is 11.7 Å². The molecule has 1 atom stereocenters. The van der Waals surface area contributed by atoms with E-state index in [9.17, 15) is 14.9 Å². The van der Waals surface area contributed by atoms with Crippen LogP contribution in [0.5, 0.6) is 0 Å². The van der Waals surface area contributed by atoms with Crippen molar-refractivity contribution in [2.24, 2.45) is 5.73 Å². The number of primary amides is 1. The van der Waals surface area contributed by atoms with Crippen molar-refractivity contribution in [1.29, 1.82) is 0 Å². The standard InChI is InChI=1S/C26H44N2O6/c1-5-21(23-20-22(25(27)29)17-18-24(23)28(30)31)16-14-12-10-9-11-13-15-19-26(32-6-2,33-7-3)34-8-4/h17-18,20-21H,5-16,19H2,1-4H3,(H2,27,29). The van der Waals surface area contributed by atoms with Crippen molar-refractivity contribution >= 4 is 11.6 Å². The quantitative estimate of drug-likeness (QED) is 0.0991. The van der Waals surface area contributed by atoms with Crippen molar-refractivity contribution in [3.63, 3.8) is 0 Å². The molecule has 0 bridgehead atoms. The molecule has 0 aliphatic heterocycles. The minimum atomic E-state index is -0.915. The maximum atomic E-state index is 11.5. The summed E-state index contributed by atoms with van der Waals surface area (Å²) < 4.78 is 17.3. The third-order valence-electron chi connectivity index (χ3n) is 6.07. The maximum Gasteiger partial charge on any atom is 0.282 e. The molecule has 0 saturated carbocycles. The van der Waals surface area contributed by atoms with Crippen molar-refractivity contribution in [3.05, 3.63) is 39.4 Å². The van der Waals surface area contributed by atoms with E-state index in [4.69, 9.17) is 19.9 Å². The highest BCUT2D eigenvalue weighted by molar-refractivity contribution is 5.93. The summed E-state index contributed by atoms with van der Waals surface area (Å²) in [4.78, 5) is 22.6. The van der Waals surface area contributed by atoms with Crippen molar-refractivity contribution in [1.82, 2.24) is 0 Å². The molecule has 0 aromatic heterocycles. The normalized spacial score (nSPS) is 12.6. The van der Waals surface area contributed by atoms with Crippen LogP contribution in [0, 0.1) is 10.1 Å². The van der Waals surface area contributed by atoms with Gasteiger partial charge in [-0.05, 0) is 58.1 Å². The summed E-state index contributed by atoms with van der Waals surface area (Å²) in [7, 11) is 0.